The average molecular weight is 253 g/mol. The molecule has 18 heavy (non-hydrogen) atoms. The minimum absolute atomic E-state index is 0.158. The molecule has 0 aliphatic heterocycles. The van der Waals surface area contributed by atoms with Crippen molar-refractivity contribution in [3.05, 3.63) is 29.8 Å². The van der Waals surface area contributed by atoms with Gasteiger partial charge in [-0.2, -0.15) is 0 Å². The van der Waals surface area contributed by atoms with Crippen LogP contribution in [0, 0.1) is 0 Å². The topological polar surface area (TPSA) is 84.9 Å². The molecule has 1 unspecified atom stereocenters. The molecule has 0 spiro atoms. The molecule has 1 amide bonds. The maximum atomic E-state index is 11.0. The lowest BCUT2D eigenvalue weighted by Crippen LogP contribution is -2.24. The summed E-state index contributed by atoms with van der Waals surface area (Å²) < 4.78 is 8.86. The van der Waals surface area contributed by atoms with Crippen molar-refractivity contribution < 1.29 is 24.2 Å². The lowest BCUT2D eigenvalue weighted by Gasteiger charge is -2.09. The Bertz CT molecular complexity index is 415. The zero-order valence-electron chi connectivity index (χ0n) is 10.2. The van der Waals surface area contributed by atoms with Crippen LogP contribution in [0.15, 0.2) is 24.3 Å². The standard InChI is InChI=1S/C12H15NO5/c1-17-11(15)10(14)7-8-3-5-9(6-4-8)13-12(16)18-2/h3-6,10,14H,7H2,1-2H3,(H,13,16). The van der Waals surface area contributed by atoms with Crippen molar-refractivity contribution in [1.82, 2.24) is 0 Å². The van der Waals surface area contributed by atoms with Gasteiger partial charge in [-0.25, -0.2) is 9.59 Å². The summed E-state index contributed by atoms with van der Waals surface area (Å²) in [6, 6.07) is 6.68. The number of amides is 1. The summed E-state index contributed by atoms with van der Waals surface area (Å²) in [5.74, 6) is -0.674. The van der Waals surface area contributed by atoms with E-state index in [9.17, 15) is 14.7 Å². The number of methoxy groups -OCH3 is 2. The molecule has 0 heterocycles. The highest BCUT2D eigenvalue weighted by molar-refractivity contribution is 5.84. The third-order valence-electron chi connectivity index (χ3n) is 2.29. The first kappa shape index (κ1) is 14.0. The molecule has 1 rings (SSSR count). The van der Waals surface area contributed by atoms with Crippen molar-refractivity contribution in [2.75, 3.05) is 19.5 Å². The van der Waals surface area contributed by atoms with Gasteiger partial charge in [0.05, 0.1) is 14.2 Å². The highest BCUT2D eigenvalue weighted by Crippen LogP contribution is 2.11. The van der Waals surface area contributed by atoms with Crippen LogP contribution in [0.25, 0.3) is 0 Å². The van der Waals surface area contributed by atoms with Crippen LogP contribution in [0.2, 0.25) is 0 Å². The van der Waals surface area contributed by atoms with Crippen LogP contribution < -0.4 is 5.32 Å². The Morgan fingerprint density at radius 3 is 2.33 bits per heavy atom. The van der Waals surface area contributed by atoms with Crippen LogP contribution >= 0.6 is 0 Å². The van der Waals surface area contributed by atoms with Crippen molar-refractivity contribution in [3.63, 3.8) is 0 Å². The fourth-order valence-corrected chi connectivity index (χ4v) is 1.34. The smallest absolute Gasteiger partial charge is 0.411 e. The number of rotatable bonds is 4. The van der Waals surface area contributed by atoms with Gasteiger partial charge in [-0.3, -0.25) is 5.32 Å². The number of aliphatic hydroxyl groups is 1. The van der Waals surface area contributed by atoms with E-state index in [0.29, 0.717) is 5.69 Å². The van der Waals surface area contributed by atoms with E-state index >= 15 is 0 Å². The molecular formula is C12H15NO5. The number of hydrogen-bond acceptors (Lipinski definition) is 5. The normalized spacial score (nSPS) is 11.5. The van der Waals surface area contributed by atoms with E-state index in [-0.39, 0.29) is 6.42 Å². The maximum absolute atomic E-state index is 11.0. The highest BCUT2D eigenvalue weighted by Gasteiger charge is 2.15. The van der Waals surface area contributed by atoms with Crippen molar-refractivity contribution in [2.24, 2.45) is 0 Å². The lowest BCUT2D eigenvalue weighted by molar-refractivity contribution is -0.150. The van der Waals surface area contributed by atoms with Gasteiger partial charge in [0, 0.05) is 12.1 Å². The van der Waals surface area contributed by atoms with Crippen molar-refractivity contribution in [1.29, 1.82) is 0 Å². The summed E-state index contributed by atoms with van der Waals surface area (Å²) >= 11 is 0. The minimum Gasteiger partial charge on any atom is -0.467 e. The molecule has 0 bridgehead atoms. The zero-order chi connectivity index (χ0) is 13.5. The van der Waals surface area contributed by atoms with Gasteiger partial charge in [-0.1, -0.05) is 12.1 Å². The summed E-state index contributed by atoms with van der Waals surface area (Å²) in [4.78, 5) is 22.0. The van der Waals surface area contributed by atoms with E-state index < -0.39 is 18.2 Å². The number of esters is 1. The van der Waals surface area contributed by atoms with Crippen LogP contribution in [-0.4, -0.2) is 37.5 Å². The number of hydrogen-bond donors (Lipinski definition) is 2. The number of carbonyl (C=O) groups excluding carboxylic acids is 2. The molecule has 6 heteroatoms. The van der Waals surface area contributed by atoms with Crippen LogP contribution in [0.5, 0.6) is 0 Å². The quantitative estimate of drug-likeness (QED) is 0.780. The summed E-state index contributed by atoms with van der Waals surface area (Å²) in [6.45, 7) is 0. The third kappa shape index (κ3) is 4.06. The molecule has 0 aliphatic rings. The molecule has 0 aliphatic carbocycles. The molecule has 0 saturated heterocycles. The van der Waals surface area contributed by atoms with Gasteiger partial charge >= 0.3 is 12.1 Å². The van der Waals surface area contributed by atoms with Crippen LogP contribution in [-0.2, 0) is 20.7 Å². The number of nitrogens with one attached hydrogen (secondary N) is 1. The number of aliphatic hydroxyl groups excluding tert-OH is 1. The lowest BCUT2D eigenvalue weighted by atomic mass is 10.1. The predicted octanol–water partition coefficient (Wildman–Crippen LogP) is 0.941. The molecular weight excluding hydrogens is 238 g/mol. The average Bonchev–Trinajstić information content (AvgIpc) is 2.39. The van der Waals surface area contributed by atoms with Crippen LogP contribution in [0.3, 0.4) is 0 Å². The Morgan fingerprint density at radius 2 is 1.83 bits per heavy atom. The summed E-state index contributed by atoms with van der Waals surface area (Å²) in [6.07, 6.45) is -1.59. The Balaban J connectivity index is 2.60. The van der Waals surface area contributed by atoms with Crippen LogP contribution in [0.1, 0.15) is 5.56 Å². The summed E-state index contributed by atoms with van der Waals surface area (Å²) in [5, 5.41) is 12.0. The zero-order valence-corrected chi connectivity index (χ0v) is 10.2. The molecule has 98 valence electrons. The fourth-order valence-electron chi connectivity index (χ4n) is 1.34. The van der Waals surface area contributed by atoms with Crippen molar-refractivity contribution in [3.8, 4) is 0 Å². The molecule has 0 saturated carbocycles. The monoisotopic (exact) mass is 253 g/mol. The Kier molecular flexibility index (Phi) is 5.13. The molecule has 0 fully saturated rings. The molecule has 2 N–H and O–H groups in total. The Labute approximate surface area is 105 Å². The first-order chi connectivity index (χ1) is 8.56. The molecule has 6 nitrogen and oxygen atoms in total. The van der Waals surface area contributed by atoms with E-state index in [1.807, 2.05) is 0 Å². The third-order valence-corrected chi connectivity index (χ3v) is 2.29. The van der Waals surface area contributed by atoms with Gasteiger partial charge in [0.15, 0.2) is 6.10 Å². The van der Waals surface area contributed by atoms with E-state index in [2.05, 4.69) is 14.8 Å². The summed E-state index contributed by atoms with van der Waals surface area (Å²) in [5.41, 5.74) is 1.32. The molecule has 0 aromatic heterocycles. The van der Waals surface area contributed by atoms with Crippen molar-refractivity contribution in [2.45, 2.75) is 12.5 Å². The highest BCUT2D eigenvalue weighted by atomic mass is 16.5. The first-order valence-corrected chi connectivity index (χ1v) is 5.26. The molecule has 1 aromatic carbocycles. The van der Waals surface area contributed by atoms with Gasteiger partial charge in [-0.05, 0) is 17.7 Å². The van der Waals surface area contributed by atoms with E-state index in [1.165, 1.54) is 14.2 Å². The van der Waals surface area contributed by atoms with E-state index in [0.717, 1.165) is 5.56 Å². The van der Waals surface area contributed by atoms with Crippen LogP contribution in [0.4, 0.5) is 10.5 Å². The SMILES string of the molecule is COC(=O)Nc1ccc(CC(O)C(=O)OC)cc1. The van der Waals surface area contributed by atoms with Gasteiger partial charge in [0.2, 0.25) is 0 Å². The second kappa shape index (κ2) is 6.61. The Hall–Kier alpha value is -2.08. The number of benzene rings is 1. The predicted molar refractivity (Wildman–Crippen MR) is 64.2 cm³/mol. The number of ether oxygens (including phenoxy) is 2. The largest absolute Gasteiger partial charge is 0.467 e. The minimum atomic E-state index is -1.19. The second-order valence-corrected chi connectivity index (χ2v) is 3.56. The van der Waals surface area contributed by atoms with Gasteiger partial charge < -0.3 is 14.6 Å². The van der Waals surface area contributed by atoms with Gasteiger partial charge in [0.1, 0.15) is 0 Å². The van der Waals surface area contributed by atoms with Crippen molar-refractivity contribution >= 4 is 17.7 Å². The summed E-state index contributed by atoms with van der Waals surface area (Å²) in [7, 11) is 2.49. The molecule has 0 radical (unpaired) electrons. The number of anilines is 1. The van der Waals surface area contributed by atoms with Gasteiger partial charge in [-0.15, -0.1) is 0 Å². The second-order valence-electron chi connectivity index (χ2n) is 3.56. The van der Waals surface area contributed by atoms with Gasteiger partial charge in [0.25, 0.3) is 0 Å². The first-order valence-electron chi connectivity index (χ1n) is 5.26. The van der Waals surface area contributed by atoms with E-state index in [4.69, 9.17) is 0 Å². The fraction of sp³-hybridized carbons (Fsp3) is 0.333. The van der Waals surface area contributed by atoms with E-state index in [1.54, 1.807) is 24.3 Å². The molecule has 1 aromatic rings. The number of carbonyl (C=O) groups is 2. The Morgan fingerprint density at radius 1 is 1.22 bits per heavy atom. The maximum Gasteiger partial charge on any atom is 0.411 e. The molecule has 1 atom stereocenters.